The van der Waals surface area contributed by atoms with Crippen molar-refractivity contribution in [3.63, 3.8) is 0 Å². The third kappa shape index (κ3) is 0.602. The van der Waals surface area contributed by atoms with Gasteiger partial charge in [0.1, 0.15) is 6.10 Å². The molecule has 4 atom stereocenters. The fraction of sp³-hybridized carbons (Fsp3) is 0.875. The van der Waals surface area contributed by atoms with Gasteiger partial charge in [-0.2, -0.15) is 0 Å². The maximum absolute atomic E-state index is 11.2. The van der Waals surface area contributed by atoms with Crippen LogP contribution in [-0.4, -0.2) is 42.4 Å². The number of epoxide rings is 1. The van der Waals surface area contributed by atoms with Crippen LogP contribution in [0, 0.1) is 5.92 Å². The summed E-state index contributed by atoms with van der Waals surface area (Å²) in [7, 11) is 0. The molecule has 3 fully saturated rings. The molecule has 2 saturated heterocycles. The lowest BCUT2D eigenvalue weighted by atomic mass is 9.71. The van der Waals surface area contributed by atoms with Gasteiger partial charge in [-0.25, -0.2) is 4.79 Å². The molecule has 12 heavy (non-hydrogen) atoms. The summed E-state index contributed by atoms with van der Waals surface area (Å²) in [5, 5.41) is 0. The molecule has 1 amide bonds. The first-order valence-electron chi connectivity index (χ1n) is 4.42. The zero-order valence-electron chi connectivity index (χ0n) is 6.90. The van der Waals surface area contributed by atoms with Crippen molar-refractivity contribution >= 4 is 6.09 Å². The lowest BCUT2D eigenvalue weighted by Gasteiger charge is -2.50. The molecule has 1 saturated carbocycles. The van der Waals surface area contributed by atoms with E-state index in [0.717, 1.165) is 6.54 Å². The monoisotopic (exact) mass is 169 g/mol. The molecule has 0 aromatic rings. The molecule has 0 aromatic heterocycles. The maximum Gasteiger partial charge on any atom is 0.410 e. The molecule has 3 aliphatic rings. The van der Waals surface area contributed by atoms with Crippen molar-refractivity contribution in [1.82, 2.24) is 4.90 Å². The highest BCUT2D eigenvalue weighted by Gasteiger charge is 2.72. The molecule has 0 unspecified atom stereocenters. The summed E-state index contributed by atoms with van der Waals surface area (Å²) >= 11 is 0. The van der Waals surface area contributed by atoms with E-state index in [2.05, 4.69) is 0 Å². The number of likely N-dealkylation sites (tertiary alicyclic amines) is 1. The molecule has 1 aliphatic carbocycles. The van der Waals surface area contributed by atoms with Crippen molar-refractivity contribution in [3.05, 3.63) is 0 Å². The molecule has 4 heteroatoms. The average molecular weight is 169 g/mol. The summed E-state index contributed by atoms with van der Waals surface area (Å²) in [6.07, 6.45) is 0.668. The molecule has 0 spiro atoms. The molecule has 4 nitrogen and oxygen atoms in total. The van der Waals surface area contributed by atoms with Gasteiger partial charge in [-0.3, -0.25) is 0 Å². The first kappa shape index (κ1) is 6.71. The summed E-state index contributed by atoms with van der Waals surface area (Å²) in [6.45, 7) is 3.12. The molecule has 3 rings (SSSR count). The highest BCUT2D eigenvalue weighted by atomic mass is 16.6. The van der Waals surface area contributed by atoms with Crippen molar-refractivity contribution in [3.8, 4) is 0 Å². The van der Waals surface area contributed by atoms with Gasteiger partial charge in [0, 0.05) is 12.5 Å². The fourth-order valence-electron chi connectivity index (χ4n) is 2.28. The number of carbonyl (C=O) groups excluding carboxylic acids is 1. The highest BCUT2D eigenvalue weighted by Crippen LogP contribution is 2.55. The molecule has 0 radical (unpaired) electrons. The predicted octanol–water partition coefficient (Wildman–Crippen LogP) is 0.224. The summed E-state index contributed by atoms with van der Waals surface area (Å²) in [6, 6.07) is 0.356. The lowest BCUT2D eigenvalue weighted by molar-refractivity contribution is -0.0230. The molecule has 66 valence electrons. The van der Waals surface area contributed by atoms with Gasteiger partial charge >= 0.3 is 6.09 Å². The third-order valence-electron chi connectivity index (χ3n) is 3.03. The lowest BCUT2D eigenvalue weighted by Crippen LogP contribution is -2.69. The molecule has 2 heterocycles. The average Bonchev–Trinajstić information content (AvgIpc) is 2.63. The summed E-state index contributed by atoms with van der Waals surface area (Å²) in [5.41, 5.74) is 0. The zero-order chi connectivity index (χ0) is 8.29. The Hall–Kier alpha value is -0.770. The second-order valence-electron chi connectivity index (χ2n) is 3.57. The van der Waals surface area contributed by atoms with Crippen LogP contribution >= 0.6 is 0 Å². The number of carbonyl (C=O) groups is 1. The minimum atomic E-state index is -0.173. The van der Waals surface area contributed by atoms with Crippen molar-refractivity contribution < 1.29 is 14.3 Å². The Morgan fingerprint density at radius 3 is 3.17 bits per heavy atom. The van der Waals surface area contributed by atoms with Crippen molar-refractivity contribution in [1.29, 1.82) is 0 Å². The Morgan fingerprint density at radius 1 is 1.67 bits per heavy atom. The van der Waals surface area contributed by atoms with Crippen LogP contribution in [0.4, 0.5) is 4.79 Å². The summed E-state index contributed by atoms with van der Waals surface area (Å²) in [5.74, 6) is 0.624. The van der Waals surface area contributed by atoms with Gasteiger partial charge in [-0.15, -0.1) is 0 Å². The first-order chi connectivity index (χ1) is 5.83. The largest absolute Gasteiger partial charge is 0.450 e. The van der Waals surface area contributed by atoms with Crippen molar-refractivity contribution in [2.45, 2.75) is 25.2 Å². The second kappa shape index (κ2) is 1.93. The number of hydrogen-bond donors (Lipinski definition) is 0. The van der Waals surface area contributed by atoms with Crippen LogP contribution in [0.1, 0.15) is 6.92 Å². The van der Waals surface area contributed by atoms with E-state index in [4.69, 9.17) is 9.47 Å². The Labute approximate surface area is 70.4 Å². The van der Waals surface area contributed by atoms with E-state index in [0.29, 0.717) is 30.8 Å². The smallest absolute Gasteiger partial charge is 0.410 e. The van der Waals surface area contributed by atoms with Crippen molar-refractivity contribution in [2.75, 3.05) is 13.2 Å². The maximum atomic E-state index is 11.2. The van der Waals surface area contributed by atoms with E-state index >= 15 is 0 Å². The summed E-state index contributed by atoms with van der Waals surface area (Å²) < 4.78 is 10.2. The van der Waals surface area contributed by atoms with Crippen LogP contribution in [0.25, 0.3) is 0 Å². The second-order valence-corrected chi connectivity index (χ2v) is 3.57. The normalized spacial score (nSPS) is 46.6. The van der Waals surface area contributed by atoms with Gasteiger partial charge in [0.15, 0.2) is 0 Å². The molecular formula is C8H11NO3. The van der Waals surface area contributed by atoms with E-state index in [1.165, 1.54) is 0 Å². The van der Waals surface area contributed by atoms with Crippen LogP contribution < -0.4 is 0 Å². The SMILES string of the molecule is CCOC(=O)N1C[C@@H]2[C@H]3O[C@H]3[C@@H]21. The standard InChI is InChI=1S/C8H11NO3/c1-2-11-8(10)9-3-4-5(9)7-6(4)12-7/h4-7H,2-3H2,1H3/t4-,5+,6+,7-/m0/s1. The van der Waals surface area contributed by atoms with Gasteiger partial charge in [-0.05, 0) is 6.92 Å². The number of fused-ring (bicyclic) bond motifs is 4. The number of nitrogens with zero attached hydrogens (tertiary/aromatic N) is 1. The third-order valence-corrected chi connectivity index (χ3v) is 3.03. The molecule has 2 aliphatic heterocycles. The zero-order valence-corrected chi connectivity index (χ0v) is 6.90. The molecule has 0 N–H and O–H groups in total. The Balaban J connectivity index is 1.62. The molecular weight excluding hydrogens is 158 g/mol. The van der Waals surface area contributed by atoms with E-state index in [-0.39, 0.29) is 6.09 Å². The van der Waals surface area contributed by atoms with E-state index in [9.17, 15) is 4.79 Å². The Kier molecular flexibility index (Phi) is 1.08. The van der Waals surface area contributed by atoms with Gasteiger partial charge < -0.3 is 14.4 Å². The number of rotatable bonds is 1. The van der Waals surface area contributed by atoms with E-state index in [1.807, 2.05) is 6.92 Å². The summed E-state index contributed by atoms with van der Waals surface area (Å²) in [4.78, 5) is 13.0. The molecule has 0 aromatic carbocycles. The van der Waals surface area contributed by atoms with Crippen LogP contribution in [0.5, 0.6) is 0 Å². The quantitative estimate of drug-likeness (QED) is 0.527. The minimum absolute atomic E-state index is 0.173. The van der Waals surface area contributed by atoms with Crippen molar-refractivity contribution in [2.24, 2.45) is 5.92 Å². The van der Waals surface area contributed by atoms with Crippen LogP contribution in [0.2, 0.25) is 0 Å². The van der Waals surface area contributed by atoms with E-state index < -0.39 is 0 Å². The van der Waals surface area contributed by atoms with Gasteiger partial charge in [0.2, 0.25) is 0 Å². The predicted molar refractivity (Wildman–Crippen MR) is 39.7 cm³/mol. The van der Waals surface area contributed by atoms with E-state index in [1.54, 1.807) is 4.90 Å². The van der Waals surface area contributed by atoms with Gasteiger partial charge in [0.25, 0.3) is 0 Å². The Morgan fingerprint density at radius 2 is 2.50 bits per heavy atom. The molecule has 0 bridgehead atoms. The number of amides is 1. The number of piperidine rings is 1. The Bertz CT molecular complexity index is 242. The van der Waals surface area contributed by atoms with Crippen LogP contribution in [0.3, 0.4) is 0 Å². The first-order valence-corrected chi connectivity index (χ1v) is 4.42. The minimum Gasteiger partial charge on any atom is -0.450 e. The number of hydrogen-bond acceptors (Lipinski definition) is 3. The topological polar surface area (TPSA) is 42.1 Å². The fourth-order valence-corrected chi connectivity index (χ4v) is 2.28. The number of ether oxygens (including phenoxy) is 2. The highest BCUT2D eigenvalue weighted by molar-refractivity contribution is 5.70. The van der Waals surface area contributed by atoms with Gasteiger partial charge in [-0.1, -0.05) is 0 Å². The van der Waals surface area contributed by atoms with Crippen LogP contribution in [-0.2, 0) is 9.47 Å². The van der Waals surface area contributed by atoms with Crippen LogP contribution in [0.15, 0.2) is 0 Å². The van der Waals surface area contributed by atoms with Gasteiger partial charge in [0.05, 0.1) is 18.8 Å².